The van der Waals surface area contributed by atoms with Crippen LogP contribution in [0.2, 0.25) is 0 Å². The van der Waals surface area contributed by atoms with Crippen LogP contribution < -0.4 is 5.32 Å². The zero-order valence-corrected chi connectivity index (χ0v) is 15.7. The molecule has 0 aromatic carbocycles. The summed E-state index contributed by atoms with van der Waals surface area (Å²) in [4.78, 5) is 43.7. The van der Waals surface area contributed by atoms with Crippen molar-refractivity contribution in [2.75, 3.05) is 38.1 Å². The van der Waals surface area contributed by atoms with Crippen LogP contribution in [0.1, 0.15) is 23.2 Å². The lowest BCUT2D eigenvalue weighted by atomic mass is 10.2. The minimum absolute atomic E-state index is 0.0620. The van der Waals surface area contributed by atoms with Crippen LogP contribution in [0.4, 0.5) is 9.93 Å². The molecule has 1 saturated heterocycles. The maximum atomic E-state index is 12.5. The van der Waals surface area contributed by atoms with Crippen molar-refractivity contribution in [2.45, 2.75) is 13.3 Å². The maximum Gasteiger partial charge on any atom is 0.413 e. The summed E-state index contributed by atoms with van der Waals surface area (Å²) >= 11 is 1.24. The number of piperazine rings is 1. The molecule has 0 radical (unpaired) electrons. The zero-order valence-electron chi connectivity index (χ0n) is 14.8. The van der Waals surface area contributed by atoms with Crippen molar-refractivity contribution < 1.29 is 23.5 Å². The van der Waals surface area contributed by atoms with Gasteiger partial charge in [-0.15, -0.1) is 11.3 Å². The number of carbonyl (C=O) groups is 3. The summed E-state index contributed by atoms with van der Waals surface area (Å²) in [5.74, 6) is 0.0771. The first-order valence-electron chi connectivity index (χ1n) is 8.55. The number of thiazole rings is 1. The summed E-state index contributed by atoms with van der Waals surface area (Å²) < 4.78 is 9.92. The fraction of sp³-hybridized carbons (Fsp3) is 0.412. The van der Waals surface area contributed by atoms with Gasteiger partial charge < -0.3 is 19.0 Å². The number of rotatable bonds is 5. The maximum absolute atomic E-state index is 12.5. The summed E-state index contributed by atoms with van der Waals surface area (Å²) in [5.41, 5.74) is 0.589. The lowest BCUT2D eigenvalue weighted by molar-refractivity contribution is -0.132. The molecular formula is C17H20N4O5S. The van der Waals surface area contributed by atoms with Crippen LogP contribution in [0.5, 0.6) is 0 Å². The predicted molar refractivity (Wildman–Crippen MR) is 97.7 cm³/mol. The summed E-state index contributed by atoms with van der Waals surface area (Å²) in [5, 5.41) is 4.64. The van der Waals surface area contributed by atoms with Crippen molar-refractivity contribution in [3.8, 4) is 0 Å². The van der Waals surface area contributed by atoms with Crippen LogP contribution in [0, 0.1) is 0 Å². The molecule has 2 aromatic rings. The average Bonchev–Trinajstić information content (AvgIpc) is 3.34. The van der Waals surface area contributed by atoms with Crippen LogP contribution in [0.25, 0.3) is 0 Å². The lowest BCUT2D eigenvalue weighted by Crippen LogP contribution is -2.50. The number of aromatic nitrogens is 1. The second-order valence-corrected chi connectivity index (χ2v) is 6.67. The minimum Gasteiger partial charge on any atom is -0.459 e. The van der Waals surface area contributed by atoms with E-state index in [1.54, 1.807) is 34.2 Å². The molecule has 144 valence electrons. The summed E-state index contributed by atoms with van der Waals surface area (Å²) in [6, 6.07) is 3.30. The summed E-state index contributed by atoms with van der Waals surface area (Å²) in [6.07, 6.45) is 1.04. The Balaban J connectivity index is 1.48. The highest BCUT2D eigenvalue weighted by Gasteiger charge is 2.26. The van der Waals surface area contributed by atoms with Crippen LogP contribution >= 0.6 is 11.3 Å². The van der Waals surface area contributed by atoms with Gasteiger partial charge in [0.1, 0.15) is 0 Å². The molecule has 2 aromatic heterocycles. The Morgan fingerprint density at radius 1 is 1.26 bits per heavy atom. The van der Waals surface area contributed by atoms with Crippen molar-refractivity contribution in [3.05, 3.63) is 35.2 Å². The van der Waals surface area contributed by atoms with E-state index in [0.29, 0.717) is 42.8 Å². The number of anilines is 1. The Bertz CT molecular complexity index is 796. The van der Waals surface area contributed by atoms with Crippen LogP contribution in [0.3, 0.4) is 0 Å². The smallest absolute Gasteiger partial charge is 0.413 e. The van der Waals surface area contributed by atoms with Crippen LogP contribution in [-0.4, -0.2) is 65.5 Å². The van der Waals surface area contributed by atoms with E-state index in [0.717, 1.165) is 0 Å². The fourth-order valence-electron chi connectivity index (χ4n) is 2.68. The number of nitrogens with zero attached hydrogens (tertiary/aromatic N) is 3. The molecule has 0 saturated carbocycles. The molecule has 0 spiro atoms. The Labute approximate surface area is 159 Å². The highest BCUT2D eigenvalue weighted by atomic mass is 32.1. The van der Waals surface area contributed by atoms with E-state index < -0.39 is 6.09 Å². The quantitative estimate of drug-likeness (QED) is 0.832. The first kappa shape index (κ1) is 18.9. The van der Waals surface area contributed by atoms with Crippen molar-refractivity contribution in [1.82, 2.24) is 14.8 Å². The fourth-order valence-corrected chi connectivity index (χ4v) is 3.38. The van der Waals surface area contributed by atoms with Gasteiger partial charge in [-0.2, -0.15) is 0 Å². The second-order valence-electron chi connectivity index (χ2n) is 5.82. The van der Waals surface area contributed by atoms with Gasteiger partial charge in [0.05, 0.1) is 25.0 Å². The SMILES string of the molecule is CCOC(=O)Nc1nc(CC(=O)N2CCN(C(=O)c3ccco3)CC2)cs1. The molecule has 1 N–H and O–H groups in total. The number of hydrogen-bond donors (Lipinski definition) is 1. The van der Waals surface area contributed by atoms with Crippen LogP contribution in [0.15, 0.2) is 28.2 Å². The normalized spacial score (nSPS) is 14.1. The largest absolute Gasteiger partial charge is 0.459 e. The van der Waals surface area contributed by atoms with Crippen molar-refractivity contribution in [2.24, 2.45) is 0 Å². The first-order chi connectivity index (χ1) is 13.1. The molecule has 3 heterocycles. The molecule has 0 unspecified atom stereocenters. The third-order valence-corrected chi connectivity index (χ3v) is 4.83. The molecular weight excluding hydrogens is 372 g/mol. The highest BCUT2D eigenvalue weighted by Crippen LogP contribution is 2.17. The van der Waals surface area contributed by atoms with Gasteiger partial charge in [0.25, 0.3) is 5.91 Å². The number of furan rings is 1. The Kier molecular flexibility index (Phi) is 6.07. The number of nitrogens with one attached hydrogen (secondary N) is 1. The van der Waals surface area contributed by atoms with E-state index >= 15 is 0 Å². The topological polar surface area (TPSA) is 105 Å². The first-order valence-corrected chi connectivity index (χ1v) is 9.43. The third-order valence-electron chi connectivity index (χ3n) is 4.02. The highest BCUT2D eigenvalue weighted by molar-refractivity contribution is 7.13. The van der Waals surface area contributed by atoms with Gasteiger partial charge in [0.2, 0.25) is 5.91 Å². The van der Waals surface area contributed by atoms with Crippen molar-refractivity contribution in [3.63, 3.8) is 0 Å². The van der Waals surface area contributed by atoms with E-state index in [1.807, 2.05) is 0 Å². The molecule has 1 aliphatic heterocycles. The van der Waals surface area contributed by atoms with E-state index in [2.05, 4.69) is 10.3 Å². The number of ether oxygens (including phenoxy) is 1. The Hall–Kier alpha value is -2.88. The molecule has 1 aliphatic rings. The number of carbonyl (C=O) groups excluding carboxylic acids is 3. The Morgan fingerprint density at radius 3 is 2.67 bits per heavy atom. The van der Waals surface area contributed by atoms with Gasteiger partial charge in [-0.05, 0) is 19.1 Å². The molecule has 0 atom stereocenters. The van der Waals surface area contributed by atoms with E-state index in [-0.39, 0.29) is 24.8 Å². The Morgan fingerprint density at radius 2 is 2.00 bits per heavy atom. The predicted octanol–water partition coefficient (Wildman–Crippen LogP) is 1.83. The molecule has 0 bridgehead atoms. The molecule has 3 amide bonds. The van der Waals surface area contributed by atoms with Crippen molar-refractivity contribution >= 4 is 34.4 Å². The standard InChI is InChI=1S/C17H20N4O5S/c1-2-25-17(24)19-16-18-12(11-27-16)10-14(22)20-5-7-21(8-6-20)15(23)13-4-3-9-26-13/h3-4,9,11H,2,5-8,10H2,1H3,(H,18,19,24). The van der Waals surface area contributed by atoms with E-state index in [4.69, 9.17) is 9.15 Å². The summed E-state index contributed by atoms with van der Waals surface area (Å²) in [6.45, 7) is 3.83. The van der Waals surface area contributed by atoms with Gasteiger partial charge >= 0.3 is 6.09 Å². The van der Waals surface area contributed by atoms with E-state index in [9.17, 15) is 14.4 Å². The van der Waals surface area contributed by atoms with Gasteiger partial charge in [-0.25, -0.2) is 9.78 Å². The second kappa shape index (κ2) is 8.67. The molecule has 9 nitrogen and oxygen atoms in total. The van der Waals surface area contributed by atoms with Crippen molar-refractivity contribution in [1.29, 1.82) is 0 Å². The number of amides is 3. The van der Waals surface area contributed by atoms with Gasteiger partial charge in [-0.1, -0.05) is 0 Å². The molecule has 27 heavy (non-hydrogen) atoms. The molecule has 0 aliphatic carbocycles. The third kappa shape index (κ3) is 4.85. The van der Waals surface area contributed by atoms with Gasteiger partial charge in [0.15, 0.2) is 10.9 Å². The number of hydrogen-bond acceptors (Lipinski definition) is 7. The zero-order chi connectivity index (χ0) is 19.2. The monoisotopic (exact) mass is 392 g/mol. The minimum atomic E-state index is -0.568. The molecule has 10 heteroatoms. The lowest BCUT2D eigenvalue weighted by Gasteiger charge is -2.34. The van der Waals surface area contributed by atoms with Gasteiger partial charge in [0, 0.05) is 31.6 Å². The van der Waals surface area contributed by atoms with E-state index in [1.165, 1.54) is 17.6 Å². The summed E-state index contributed by atoms with van der Waals surface area (Å²) in [7, 11) is 0. The average molecular weight is 392 g/mol. The van der Waals surface area contributed by atoms with Crippen LogP contribution in [-0.2, 0) is 16.0 Å². The molecule has 3 rings (SSSR count). The van der Waals surface area contributed by atoms with Gasteiger partial charge in [-0.3, -0.25) is 14.9 Å². The molecule has 1 fully saturated rings.